The summed E-state index contributed by atoms with van der Waals surface area (Å²) in [6.07, 6.45) is 7.27. The van der Waals surface area contributed by atoms with Gasteiger partial charge in [0.1, 0.15) is 19.3 Å². The number of ketones is 1. The van der Waals surface area contributed by atoms with Crippen LogP contribution in [0.3, 0.4) is 0 Å². The minimum Gasteiger partial charge on any atom is -0.508 e. The van der Waals surface area contributed by atoms with Crippen molar-refractivity contribution in [3.05, 3.63) is 77.4 Å². The molecule has 3 aromatic carbocycles. The van der Waals surface area contributed by atoms with E-state index < -0.39 is 0 Å². The van der Waals surface area contributed by atoms with Gasteiger partial charge in [0.25, 0.3) is 0 Å². The van der Waals surface area contributed by atoms with Crippen molar-refractivity contribution in [2.75, 3.05) is 20.1 Å². The molecule has 0 aromatic heterocycles. The first-order chi connectivity index (χ1) is 21.0. The van der Waals surface area contributed by atoms with Crippen LogP contribution in [0.1, 0.15) is 108 Å². The first-order valence-corrected chi connectivity index (χ1v) is 15.6. The number of phenolic OH excluding ortho intramolecular Hbond substituents is 1. The fraction of sp³-hybridized carbons (Fsp3) is 0.474. The molecule has 248 valence electrons. The van der Waals surface area contributed by atoms with Crippen LogP contribution in [0.4, 0.5) is 0 Å². The average Bonchev–Trinajstić information content (AvgIpc) is 3.02. The summed E-state index contributed by atoms with van der Waals surface area (Å²) in [5.74, 6) is 0.450. The summed E-state index contributed by atoms with van der Waals surface area (Å²) in [4.78, 5) is 29.1. The molecule has 0 bridgehead atoms. The van der Waals surface area contributed by atoms with Gasteiger partial charge in [0.15, 0.2) is 5.78 Å². The van der Waals surface area contributed by atoms with E-state index in [1.807, 2.05) is 83.7 Å². The Kier molecular flexibility index (Phi) is 36.4. The van der Waals surface area contributed by atoms with Crippen molar-refractivity contribution in [3.63, 3.8) is 0 Å². The van der Waals surface area contributed by atoms with Gasteiger partial charge in [0.05, 0.1) is 0 Å². The van der Waals surface area contributed by atoms with Crippen molar-refractivity contribution in [2.45, 2.75) is 101 Å². The highest BCUT2D eigenvalue weighted by molar-refractivity contribution is 5.94. The van der Waals surface area contributed by atoms with Gasteiger partial charge >= 0.3 is 0 Å². The van der Waals surface area contributed by atoms with Crippen molar-refractivity contribution in [1.82, 2.24) is 4.90 Å². The lowest BCUT2D eigenvalue weighted by atomic mass is 10.1. The molecule has 0 unspecified atom stereocenters. The van der Waals surface area contributed by atoms with Crippen molar-refractivity contribution in [2.24, 2.45) is 0 Å². The molecule has 2 N–H and O–H groups in total. The van der Waals surface area contributed by atoms with Crippen molar-refractivity contribution < 1.29 is 19.5 Å². The van der Waals surface area contributed by atoms with Gasteiger partial charge in [-0.15, -0.1) is 0 Å². The summed E-state index contributed by atoms with van der Waals surface area (Å²) in [6.45, 7) is 24.6. The zero-order valence-corrected chi connectivity index (χ0v) is 29.5. The second-order valence-electron chi connectivity index (χ2n) is 10.00. The number of phenols is 1. The Hall–Kier alpha value is -3.64. The molecule has 0 amide bonds. The summed E-state index contributed by atoms with van der Waals surface area (Å²) in [7, 11) is 2.17. The predicted octanol–water partition coefficient (Wildman–Crippen LogP) is 10.1. The number of rotatable bonds is 9. The molecule has 0 fully saturated rings. The number of carbonyl (C=O) groups is 3. The zero-order valence-electron chi connectivity index (χ0n) is 29.5. The number of hydrogen-bond acceptors (Lipinski definition) is 6. The van der Waals surface area contributed by atoms with Gasteiger partial charge < -0.3 is 25.0 Å². The molecule has 0 saturated carbocycles. The minimum atomic E-state index is 0.125. The quantitative estimate of drug-likeness (QED) is 0.143. The number of benzene rings is 3. The Morgan fingerprint density at radius 1 is 0.727 bits per heavy atom. The molecule has 44 heavy (non-hydrogen) atoms. The van der Waals surface area contributed by atoms with E-state index in [-0.39, 0.29) is 5.78 Å². The molecule has 6 heteroatoms. The monoisotopic (exact) mass is 610 g/mol. The summed E-state index contributed by atoms with van der Waals surface area (Å²) in [5.41, 5.74) is 4.03. The smallest absolute Gasteiger partial charge is 0.159 e. The first kappa shape index (κ1) is 47.3. The van der Waals surface area contributed by atoms with Crippen LogP contribution in [-0.2, 0) is 9.59 Å². The van der Waals surface area contributed by atoms with E-state index in [0.717, 1.165) is 23.1 Å². The fourth-order valence-corrected chi connectivity index (χ4v) is 3.66. The van der Waals surface area contributed by atoms with Crippen LogP contribution >= 0.6 is 0 Å². The number of carbonyl (C=O) groups excluding carboxylic acids is 3. The number of unbranched alkanes of at least 4 members (excludes halogenated alkanes) is 2. The van der Waals surface area contributed by atoms with Gasteiger partial charge in [-0.1, -0.05) is 107 Å². The van der Waals surface area contributed by atoms with E-state index in [1.165, 1.54) is 61.7 Å². The zero-order chi connectivity index (χ0) is 34.9. The molecule has 0 spiro atoms. The number of aromatic hydroxyl groups is 1. The molecule has 0 aliphatic rings. The highest BCUT2D eigenvalue weighted by Crippen LogP contribution is 2.20. The van der Waals surface area contributed by atoms with Crippen LogP contribution in [0.5, 0.6) is 5.75 Å². The third-order valence-corrected chi connectivity index (χ3v) is 5.80. The number of hydrogen-bond donors (Lipinski definition) is 2. The summed E-state index contributed by atoms with van der Waals surface area (Å²) in [5, 5.41) is 18.5. The normalized spacial score (nSPS) is 8.89. The fourth-order valence-electron chi connectivity index (χ4n) is 3.66. The molecular weight excluding hydrogens is 548 g/mol. The van der Waals surface area contributed by atoms with E-state index in [9.17, 15) is 9.90 Å². The Labute approximate surface area is 269 Å². The highest BCUT2D eigenvalue weighted by atomic mass is 16.3. The molecule has 0 atom stereocenters. The average molecular weight is 611 g/mol. The predicted molar refractivity (Wildman–Crippen MR) is 193 cm³/mol. The third kappa shape index (κ3) is 28.5. The molecular formula is C38H62N2O4. The maximum atomic E-state index is 10.8. The standard InChI is InChI=1S/C11H10O.C9H10O.C7H17N.C7H15N.C2H6.2CH2O/c1-8-2-3-10-7-11(12)5-4-9(10)6-8;1-7-3-5-9(6-4-7)8(2)10;1-4-6-8(3)7-5-2;1-3-4-5-6-7(2)8;3*1-2/h2-7,12H,1H3;3-6H,1-2H3;4-7H2,1-3H3;8H,3-6H2,1-2H3;1-2H3;2*1H2. The summed E-state index contributed by atoms with van der Waals surface area (Å²) >= 11 is 0. The molecule has 6 nitrogen and oxygen atoms in total. The van der Waals surface area contributed by atoms with Crippen molar-refractivity contribution in [3.8, 4) is 5.75 Å². The molecule has 0 heterocycles. The van der Waals surface area contributed by atoms with Gasteiger partial charge in [-0.3, -0.25) is 4.79 Å². The summed E-state index contributed by atoms with van der Waals surface area (Å²) in [6, 6.07) is 19.2. The lowest BCUT2D eigenvalue weighted by Gasteiger charge is -2.12. The van der Waals surface area contributed by atoms with Crippen LogP contribution in [0.25, 0.3) is 10.8 Å². The van der Waals surface area contributed by atoms with Crippen molar-refractivity contribution in [1.29, 1.82) is 5.41 Å². The number of fused-ring (bicyclic) bond motifs is 1. The second-order valence-corrected chi connectivity index (χ2v) is 10.00. The lowest BCUT2D eigenvalue weighted by Crippen LogP contribution is -2.19. The number of Topliss-reactive ketones (excluding diaryl/α,β-unsaturated/α-hetero) is 1. The van der Waals surface area contributed by atoms with Gasteiger partial charge in [-0.05, 0) is 96.4 Å². The number of aryl methyl sites for hydroxylation is 2. The van der Waals surface area contributed by atoms with Crippen LogP contribution in [0.2, 0.25) is 0 Å². The molecule has 3 aromatic rings. The SMILES string of the molecule is C=O.C=O.CC.CC(=O)c1ccc(C)cc1.CCCCCC(C)=N.CCCN(C)CCC.Cc1ccc2cc(O)ccc2c1. The van der Waals surface area contributed by atoms with Gasteiger partial charge in [0.2, 0.25) is 0 Å². The van der Waals surface area contributed by atoms with Gasteiger partial charge in [-0.25, -0.2) is 0 Å². The van der Waals surface area contributed by atoms with E-state index >= 15 is 0 Å². The Morgan fingerprint density at radius 3 is 1.61 bits per heavy atom. The Morgan fingerprint density at radius 2 is 1.18 bits per heavy atom. The largest absolute Gasteiger partial charge is 0.508 e. The van der Waals surface area contributed by atoms with E-state index in [0.29, 0.717) is 5.75 Å². The topological polar surface area (TPSA) is 98.5 Å². The van der Waals surface area contributed by atoms with Crippen LogP contribution in [0, 0.1) is 19.3 Å². The van der Waals surface area contributed by atoms with Gasteiger partial charge in [-0.2, -0.15) is 0 Å². The van der Waals surface area contributed by atoms with Crippen LogP contribution in [0.15, 0.2) is 60.7 Å². The molecule has 0 aliphatic carbocycles. The molecule has 3 rings (SSSR count). The maximum Gasteiger partial charge on any atom is 0.159 e. The van der Waals surface area contributed by atoms with E-state index in [2.05, 4.69) is 45.7 Å². The molecule has 0 saturated heterocycles. The van der Waals surface area contributed by atoms with Crippen molar-refractivity contribution >= 4 is 35.8 Å². The van der Waals surface area contributed by atoms with E-state index in [4.69, 9.17) is 15.0 Å². The molecule has 0 aliphatic heterocycles. The third-order valence-electron chi connectivity index (χ3n) is 5.80. The number of nitrogens with zero attached hydrogens (tertiary/aromatic N) is 1. The maximum absolute atomic E-state index is 10.8. The van der Waals surface area contributed by atoms with Crippen LogP contribution < -0.4 is 0 Å². The number of nitrogens with one attached hydrogen (secondary N) is 1. The summed E-state index contributed by atoms with van der Waals surface area (Å²) < 4.78 is 0. The van der Waals surface area contributed by atoms with Crippen LogP contribution in [-0.4, -0.2) is 55.2 Å². The van der Waals surface area contributed by atoms with Gasteiger partial charge in [0, 0.05) is 11.3 Å². The Balaban J connectivity index is -0.000000232. The second kappa shape index (κ2) is 33.9. The first-order valence-electron chi connectivity index (χ1n) is 15.6. The Bertz CT molecular complexity index is 1050. The highest BCUT2D eigenvalue weighted by Gasteiger charge is 1.95. The molecule has 0 radical (unpaired) electrons. The lowest BCUT2D eigenvalue weighted by molar-refractivity contribution is -0.0987. The minimum absolute atomic E-state index is 0.125. The van der Waals surface area contributed by atoms with E-state index in [1.54, 1.807) is 19.1 Å².